The number of carbonyl (C=O) groups excluding carboxylic acids is 1. The highest BCUT2D eigenvalue weighted by molar-refractivity contribution is 5.85. The van der Waals surface area contributed by atoms with Crippen molar-refractivity contribution in [1.29, 1.82) is 0 Å². The number of nitrogens with one attached hydrogen (secondary N) is 1. The first-order valence-corrected chi connectivity index (χ1v) is 7.56. The van der Waals surface area contributed by atoms with E-state index in [0.29, 0.717) is 25.4 Å². The molecule has 0 saturated heterocycles. The van der Waals surface area contributed by atoms with Crippen molar-refractivity contribution < 1.29 is 18.0 Å². The van der Waals surface area contributed by atoms with Crippen molar-refractivity contribution in [2.24, 2.45) is 11.7 Å². The Morgan fingerprint density at radius 2 is 2.05 bits per heavy atom. The maximum atomic E-state index is 12.3. The molecule has 0 spiro atoms. The lowest BCUT2D eigenvalue weighted by molar-refractivity contribution is -0.143. The van der Waals surface area contributed by atoms with Crippen LogP contribution in [0.3, 0.4) is 0 Å². The maximum Gasteiger partial charge on any atom is 0.401 e. The summed E-state index contributed by atoms with van der Waals surface area (Å²) in [6, 6.07) is 0.353. The molecule has 0 aromatic rings. The molecule has 0 aliphatic heterocycles. The predicted molar refractivity (Wildman–Crippen MR) is 73.6 cm³/mol. The zero-order valence-corrected chi connectivity index (χ0v) is 12.4. The standard InChI is InChI=1S/C14H24F3N3O/c1-20(9-14(15,16)17)8-6-10-3-2-7-13(10,12(18)21)19-11-4-5-11/h10-11,19H,2-9H2,1H3,(H2,18,21). The number of hydrogen-bond acceptors (Lipinski definition) is 3. The van der Waals surface area contributed by atoms with E-state index in [1.807, 2.05) is 0 Å². The number of nitrogens with zero attached hydrogens (tertiary/aromatic N) is 1. The molecule has 2 unspecified atom stereocenters. The van der Waals surface area contributed by atoms with E-state index < -0.39 is 18.3 Å². The summed E-state index contributed by atoms with van der Waals surface area (Å²) in [6.07, 6.45) is 0.934. The van der Waals surface area contributed by atoms with E-state index in [-0.39, 0.29) is 11.8 Å². The molecular weight excluding hydrogens is 283 g/mol. The van der Waals surface area contributed by atoms with Crippen LogP contribution in [0, 0.1) is 5.92 Å². The zero-order chi connectivity index (χ0) is 15.7. The Labute approximate surface area is 123 Å². The Balaban J connectivity index is 1.92. The lowest BCUT2D eigenvalue weighted by Crippen LogP contribution is -2.59. The van der Waals surface area contributed by atoms with Crippen molar-refractivity contribution in [2.75, 3.05) is 20.1 Å². The van der Waals surface area contributed by atoms with Crippen molar-refractivity contribution in [3.05, 3.63) is 0 Å². The first kappa shape index (κ1) is 16.5. The highest BCUT2D eigenvalue weighted by atomic mass is 19.4. The number of amides is 1. The molecule has 0 radical (unpaired) electrons. The maximum absolute atomic E-state index is 12.3. The number of alkyl halides is 3. The molecule has 2 aliphatic carbocycles. The third kappa shape index (κ3) is 4.32. The van der Waals surface area contributed by atoms with Gasteiger partial charge in [0.25, 0.3) is 0 Å². The van der Waals surface area contributed by atoms with Crippen molar-refractivity contribution in [3.8, 4) is 0 Å². The van der Waals surface area contributed by atoms with Gasteiger partial charge >= 0.3 is 6.18 Å². The molecule has 0 bridgehead atoms. The summed E-state index contributed by atoms with van der Waals surface area (Å²) in [5.74, 6) is -0.318. The Morgan fingerprint density at radius 1 is 1.38 bits per heavy atom. The number of hydrogen-bond donors (Lipinski definition) is 2. The fourth-order valence-corrected chi connectivity index (χ4v) is 3.41. The van der Waals surface area contributed by atoms with E-state index in [4.69, 9.17) is 5.73 Å². The number of rotatable bonds is 7. The molecule has 21 heavy (non-hydrogen) atoms. The molecule has 2 atom stereocenters. The SMILES string of the molecule is CN(CCC1CCCC1(NC1CC1)C(N)=O)CC(F)(F)F. The van der Waals surface area contributed by atoms with E-state index in [0.717, 1.165) is 25.7 Å². The van der Waals surface area contributed by atoms with Gasteiger partial charge in [-0.2, -0.15) is 13.2 Å². The molecule has 4 nitrogen and oxygen atoms in total. The van der Waals surface area contributed by atoms with E-state index in [1.165, 1.54) is 11.9 Å². The minimum absolute atomic E-state index is 0.0336. The number of carbonyl (C=O) groups is 1. The average Bonchev–Trinajstić information content (AvgIpc) is 3.03. The van der Waals surface area contributed by atoms with Gasteiger partial charge in [-0.3, -0.25) is 9.69 Å². The quantitative estimate of drug-likeness (QED) is 0.752. The van der Waals surface area contributed by atoms with Crippen molar-refractivity contribution in [1.82, 2.24) is 10.2 Å². The topological polar surface area (TPSA) is 58.4 Å². The van der Waals surface area contributed by atoms with E-state index in [1.54, 1.807) is 0 Å². The number of nitrogens with two attached hydrogens (primary N) is 1. The molecule has 2 aliphatic rings. The molecule has 0 heterocycles. The molecular formula is C14H24F3N3O. The van der Waals surface area contributed by atoms with Gasteiger partial charge in [-0.05, 0) is 51.6 Å². The van der Waals surface area contributed by atoms with Crippen LogP contribution in [-0.4, -0.2) is 48.7 Å². The second-order valence-electron chi connectivity index (χ2n) is 6.49. The molecule has 1 amide bonds. The van der Waals surface area contributed by atoms with Crippen LogP contribution in [0.2, 0.25) is 0 Å². The first-order chi connectivity index (χ1) is 9.73. The Kier molecular flexibility index (Phi) is 4.82. The van der Waals surface area contributed by atoms with Crippen molar-refractivity contribution in [2.45, 2.75) is 56.3 Å². The number of primary amides is 1. The second-order valence-corrected chi connectivity index (χ2v) is 6.49. The molecule has 0 aromatic heterocycles. The van der Waals surface area contributed by atoms with Gasteiger partial charge in [-0.25, -0.2) is 0 Å². The highest BCUT2D eigenvalue weighted by Gasteiger charge is 2.49. The van der Waals surface area contributed by atoms with Crippen LogP contribution in [0.15, 0.2) is 0 Å². The lowest BCUT2D eigenvalue weighted by atomic mass is 9.83. The minimum atomic E-state index is -4.18. The Morgan fingerprint density at radius 3 is 2.57 bits per heavy atom. The molecule has 2 saturated carbocycles. The van der Waals surface area contributed by atoms with Gasteiger partial charge in [0.15, 0.2) is 0 Å². The third-order valence-electron chi connectivity index (χ3n) is 4.61. The van der Waals surface area contributed by atoms with Gasteiger partial charge in [-0.15, -0.1) is 0 Å². The van der Waals surface area contributed by atoms with Crippen LogP contribution in [0.25, 0.3) is 0 Å². The summed E-state index contributed by atoms with van der Waals surface area (Å²) in [5.41, 5.74) is 4.90. The zero-order valence-electron chi connectivity index (χ0n) is 12.4. The monoisotopic (exact) mass is 307 g/mol. The first-order valence-electron chi connectivity index (χ1n) is 7.56. The van der Waals surface area contributed by atoms with Gasteiger partial charge in [0.05, 0.1) is 6.54 Å². The summed E-state index contributed by atoms with van der Waals surface area (Å²) >= 11 is 0. The molecule has 2 fully saturated rings. The second kappa shape index (κ2) is 6.12. The van der Waals surface area contributed by atoms with E-state index >= 15 is 0 Å². The van der Waals surface area contributed by atoms with E-state index in [2.05, 4.69) is 5.32 Å². The summed E-state index contributed by atoms with van der Waals surface area (Å²) in [6.45, 7) is -0.592. The summed E-state index contributed by atoms with van der Waals surface area (Å²) in [4.78, 5) is 13.2. The predicted octanol–water partition coefficient (Wildman–Crippen LogP) is 1.65. The van der Waals surface area contributed by atoms with Gasteiger partial charge in [0.2, 0.25) is 5.91 Å². The van der Waals surface area contributed by atoms with Gasteiger partial charge < -0.3 is 11.1 Å². The van der Waals surface area contributed by atoms with Gasteiger partial charge in [0, 0.05) is 6.04 Å². The van der Waals surface area contributed by atoms with E-state index in [9.17, 15) is 18.0 Å². The van der Waals surface area contributed by atoms with Crippen LogP contribution in [0.4, 0.5) is 13.2 Å². The number of halogens is 3. The Hall–Kier alpha value is -0.820. The summed E-state index contributed by atoms with van der Waals surface area (Å²) in [5, 5.41) is 3.37. The fourth-order valence-electron chi connectivity index (χ4n) is 3.41. The lowest BCUT2D eigenvalue weighted by Gasteiger charge is -2.35. The highest BCUT2D eigenvalue weighted by Crippen LogP contribution is 2.40. The molecule has 7 heteroatoms. The summed E-state index contributed by atoms with van der Waals surface area (Å²) < 4.78 is 37.0. The Bertz CT molecular complexity index is 384. The summed E-state index contributed by atoms with van der Waals surface area (Å²) in [7, 11) is 1.46. The largest absolute Gasteiger partial charge is 0.401 e. The molecule has 2 rings (SSSR count). The normalized spacial score (nSPS) is 30.0. The average molecular weight is 307 g/mol. The van der Waals surface area contributed by atoms with Crippen LogP contribution in [0.1, 0.15) is 38.5 Å². The fraction of sp³-hybridized carbons (Fsp3) is 0.929. The van der Waals surface area contributed by atoms with Crippen LogP contribution < -0.4 is 11.1 Å². The molecule has 3 N–H and O–H groups in total. The van der Waals surface area contributed by atoms with Crippen LogP contribution in [-0.2, 0) is 4.79 Å². The molecule has 122 valence electrons. The van der Waals surface area contributed by atoms with Crippen molar-refractivity contribution >= 4 is 5.91 Å². The molecule has 0 aromatic carbocycles. The van der Waals surface area contributed by atoms with Crippen molar-refractivity contribution in [3.63, 3.8) is 0 Å². The van der Waals surface area contributed by atoms with Crippen LogP contribution in [0.5, 0.6) is 0 Å². The van der Waals surface area contributed by atoms with Gasteiger partial charge in [-0.1, -0.05) is 6.42 Å². The van der Waals surface area contributed by atoms with Gasteiger partial charge in [0.1, 0.15) is 5.54 Å². The third-order valence-corrected chi connectivity index (χ3v) is 4.61. The smallest absolute Gasteiger partial charge is 0.368 e. The minimum Gasteiger partial charge on any atom is -0.368 e. The van der Waals surface area contributed by atoms with Crippen LogP contribution >= 0.6 is 0 Å².